The summed E-state index contributed by atoms with van der Waals surface area (Å²) in [6, 6.07) is -1.12. The van der Waals surface area contributed by atoms with Crippen molar-refractivity contribution in [2.24, 2.45) is 0 Å². The van der Waals surface area contributed by atoms with E-state index in [9.17, 15) is 18.0 Å². The Morgan fingerprint density at radius 1 is 1.47 bits per heavy atom. The number of nitrogens with one attached hydrogen (secondary N) is 1. The smallest absolute Gasteiger partial charge is 0.312 e. The first-order valence-corrected chi connectivity index (χ1v) is 6.74. The van der Waals surface area contributed by atoms with E-state index in [2.05, 4.69) is 15.5 Å². The molecule has 0 spiro atoms. The second-order valence-corrected chi connectivity index (χ2v) is 5.19. The first kappa shape index (κ1) is 14.0. The zero-order valence-electron chi connectivity index (χ0n) is 9.98. The maximum atomic E-state index is 12.6. The number of hydrogen-bond acceptors (Lipinski definition) is 4. The third kappa shape index (κ3) is 4.05. The number of urea groups is 1. The predicted octanol–water partition coefficient (Wildman–Crippen LogP) is 2.88. The summed E-state index contributed by atoms with van der Waals surface area (Å²) in [5, 5.41) is 9.67. The van der Waals surface area contributed by atoms with Crippen molar-refractivity contribution < 1.29 is 18.0 Å². The summed E-state index contributed by atoms with van der Waals surface area (Å²) in [7, 11) is 0. The number of hydrogen-bond donors (Lipinski definition) is 1. The monoisotopic (exact) mass is 294 g/mol. The van der Waals surface area contributed by atoms with Gasteiger partial charge in [0.2, 0.25) is 5.13 Å². The molecular weight excluding hydrogens is 281 g/mol. The van der Waals surface area contributed by atoms with Gasteiger partial charge in [0, 0.05) is 6.04 Å². The van der Waals surface area contributed by atoms with Crippen molar-refractivity contribution in [3.05, 3.63) is 5.51 Å². The number of carbonyl (C=O) groups excluding carboxylic acids is 1. The van der Waals surface area contributed by atoms with Gasteiger partial charge in [-0.25, -0.2) is 4.79 Å². The molecule has 0 aromatic carbocycles. The van der Waals surface area contributed by atoms with Gasteiger partial charge < -0.3 is 4.90 Å². The predicted molar refractivity (Wildman–Crippen MR) is 63.9 cm³/mol. The van der Waals surface area contributed by atoms with E-state index >= 15 is 0 Å². The van der Waals surface area contributed by atoms with Gasteiger partial charge in [-0.05, 0) is 12.8 Å². The Labute approximate surface area is 111 Å². The van der Waals surface area contributed by atoms with E-state index in [1.54, 1.807) is 0 Å². The minimum Gasteiger partial charge on any atom is -0.312 e. The van der Waals surface area contributed by atoms with Crippen LogP contribution in [-0.4, -0.2) is 39.9 Å². The molecule has 1 N–H and O–H groups in total. The van der Waals surface area contributed by atoms with Crippen LogP contribution >= 0.6 is 11.3 Å². The van der Waals surface area contributed by atoms with Crippen molar-refractivity contribution >= 4 is 22.5 Å². The number of amides is 2. The number of rotatable bonds is 3. The highest BCUT2D eigenvalue weighted by molar-refractivity contribution is 7.13. The van der Waals surface area contributed by atoms with E-state index in [0.717, 1.165) is 29.1 Å². The van der Waals surface area contributed by atoms with Crippen LogP contribution in [0.2, 0.25) is 0 Å². The van der Waals surface area contributed by atoms with Gasteiger partial charge in [-0.3, -0.25) is 5.32 Å². The molecule has 1 aliphatic rings. The molecule has 19 heavy (non-hydrogen) atoms. The standard InChI is InChI=1S/C10H13F3N4OS/c11-10(12,13)5-17(7-3-1-2-4-7)9(18)15-8-16-14-6-19-8/h6-7H,1-5H2,(H,15,16,18). The maximum Gasteiger partial charge on any atom is 0.406 e. The normalized spacial score (nSPS) is 16.6. The van der Waals surface area contributed by atoms with Crippen LogP contribution in [0.15, 0.2) is 5.51 Å². The lowest BCUT2D eigenvalue weighted by atomic mass is 10.2. The van der Waals surface area contributed by atoms with Gasteiger partial charge in [-0.15, -0.1) is 10.2 Å². The lowest BCUT2D eigenvalue weighted by Crippen LogP contribution is -2.46. The first-order valence-electron chi connectivity index (χ1n) is 5.86. The highest BCUT2D eigenvalue weighted by atomic mass is 32.1. The zero-order valence-corrected chi connectivity index (χ0v) is 10.8. The minimum absolute atomic E-state index is 0.204. The summed E-state index contributed by atoms with van der Waals surface area (Å²) in [6.45, 7) is -1.23. The van der Waals surface area contributed by atoms with Crippen LogP contribution < -0.4 is 5.32 Å². The molecule has 1 aliphatic carbocycles. The third-order valence-corrected chi connectivity index (χ3v) is 3.56. The molecule has 0 aliphatic heterocycles. The third-order valence-electron chi connectivity index (χ3n) is 2.95. The summed E-state index contributed by atoms with van der Waals surface area (Å²) in [5.41, 5.74) is 1.40. The zero-order chi connectivity index (χ0) is 13.9. The van der Waals surface area contributed by atoms with Crippen LogP contribution in [0.25, 0.3) is 0 Å². The quantitative estimate of drug-likeness (QED) is 0.932. The molecule has 1 saturated carbocycles. The Balaban J connectivity index is 2.05. The number of carbonyl (C=O) groups is 1. The molecule has 2 amide bonds. The van der Waals surface area contributed by atoms with E-state index in [-0.39, 0.29) is 11.2 Å². The molecule has 2 rings (SSSR count). The largest absolute Gasteiger partial charge is 0.406 e. The Morgan fingerprint density at radius 2 is 2.16 bits per heavy atom. The fourth-order valence-corrected chi connectivity index (χ4v) is 2.60. The molecule has 1 aromatic heterocycles. The number of halogens is 3. The van der Waals surface area contributed by atoms with Crippen LogP contribution in [0.1, 0.15) is 25.7 Å². The molecule has 1 fully saturated rings. The lowest BCUT2D eigenvalue weighted by Gasteiger charge is -2.29. The van der Waals surface area contributed by atoms with Gasteiger partial charge in [-0.2, -0.15) is 13.2 Å². The molecule has 0 radical (unpaired) electrons. The summed E-state index contributed by atoms with van der Waals surface area (Å²) in [4.78, 5) is 12.8. The van der Waals surface area contributed by atoms with Gasteiger partial charge in [0.05, 0.1) is 0 Å². The summed E-state index contributed by atoms with van der Waals surface area (Å²) in [6.07, 6.45) is -1.48. The summed E-state index contributed by atoms with van der Waals surface area (Å²) >= 11 is 1.07. The molecule has 0 unspecified atom stereocenters. The van der Waals surface area contributed by atoms with Crippen LogP contribution in [0, 0.1) is 0 Å². The van der Waals surface area contributed by atoms with Crippen LogP contribution in [-0.2, 0) is 0 Å². The number of nitrogens with zero attached hydrogens (tertiary/aromatic N) is 3. The molecule has 1 aromatic rings. The highest BCUT2D eigenvalue weighted by Crippen LogP contribution is 2.27. The van der Waals surface area contributed by atoms with E-state index < -0.39 is 18.8 Å². The average Bonchev–Trinajstić information content (AvgIpc) is 2.96. The molecule has 0 bridgehead atoms. The van der Waals surface area contributed by atoms with Gasteiger partial charge in [0.1, 0.15) is 12.1 Å². The maximum absolute atomic E-state index is 12.6. The summed E-state index contributed by atoms with van der Waals surface area (Å²) in [5.74, 6) is 0. The fraction of sp³-hybridized carbons (Fsp3) is 0.700. The molecule has 0 atom stereocenters. The molecule has 1 heterocycles. The van der Waals surface area contributed by atoms with Crippen LogP contribution in [0.5, 0.6) is 0 Å². The number of anilines is 1. The molecule has 106 valence electrons. The SMILES string of the molecule is O=C(Nc1nncs1)N(CC(F)(F)F)C1CCCC1. The van der Waals surface area contributed by atoms with Crippen molar-refractivity contribution in [2.75, 3.05) is 11.9 Å². The highest BCUT2D eigenvalue weighted by Gasteiger charge is 2.37. The number of alkyl halides is 3. The van der Waals surface area contributed by atoms with Crippen molar-refractivity contribution in [1.82, 2.24) is 15.1 Å². The second kappa shape index (κ2) is 5.72. The Bertz CT molecular complexity index is 417. The van der Waals surface area contributed by atoms with E-state index in [4.69, 9.17) is 0 Å². The van der Waals surface area contributed by atoms with Crippen LogP contribution in [0.4, 0.5) is 23.1 Å². The van der Waals surface area contributed by atoms with Crippen LogP contribution in [0.3, 0.4) is 0 Å². The molecule has 0 saturated heterocycles. The first-order chi connectivity index (χ1) is 8.96. The van der Waals surface area contributed by atoms with Crippen molar-refractivity contribution in [1.29, 1.82) is 0 Å². The topological polar surface area (TPSA) is 58.1 Å². The fourth-order valence-electron chi connectivity index (χ4n) is 2.17. The van der Waals surface area contributed by atoms with Gasteiger partial charge in [0.25, 0.3) is 0 Å². The minimum atomic E-state index is -4.40. The van der Waals surface area contributed by atoms with E-state index in [0.29, 0.717) is 12.8 Å². The van der Waals surface area contributed by atoms with Crippen molar-refractivity contribution in [3.63, 3.8) is 0 Å². The Morgan fingerprint density at radius 3 is 2.68 bits per heavy atom. The Hall–Kier alpha value is -1.38. The van der Waals surface area contributed by atoms with Gasteiger partial charge >= 0.3 is 12.2 Å². The Kier molecular flexibility index (Phi) is 4.23. The van der Waals surface area contributed by atoms with E-state index in [1.807, 2.05) is 0 Å². The van der Waals surface area contributed by atoms with Crippen molar-refractivity contribution in [3.8, 4) is 0 Å². The van der Waals surface area contributed by atoms with E-state index in [1.165, 1.54) is 5.51 Å². The average molecular weight is 294 g/mol. The van der Waals surface area contributed by atoms with Gasteiger partial charge in [-0.1, -0.05) is 24.2 Å². The second-order valence-electron chi connectivity index (χ2n) is 4.36. The molecule has 5 nitrogen and oxygen atoms in total. The molecular formula is C10H13F3N4OS. The lowest BCUT2D eigenvalue weighted by molar-refractivity contribution is -0.143. The number of aromatic nitrogens is 2. The van der Waals surface area contributed by atoms with Crippen molar-refractivity contribution in [2.45, 2.75) is 37.9 Å². The molecule has 9 heteroatoms. The summed E-state index contributed by atoms with van der Waals surface area (Å²) < 4.78 is 37.7. The van der Waals surface area contributed by atoms with Gasteiger partial charge in [0.15, 0.2) is 0 Å².